The van der Waals surface area contributed by atoms with Crippen LogP contribution in [0, 0.1) is 13.8 Å². The Labute approximate surface area is 110 Å². The molecule has 0 aliphatic carbocycles. The van der Waals surface area contributed by atoms with E-state index in [0.29, 0.717) is 11.2 Å². The molecule has 0 atom stereocenters. The van der Waals surface area contributed by atoms with Crippen LogP contribution in [0.2, 0.25) is 0 Å². The van der Waals surface area contributed by atoms with Gasteiger partial charge in [-0.25, -0.2) is 0 Å². The molecule has 0 fully saturated rings. The summed E-state index contributed by atoms with van der Waals surface area (Å²) >= 11 is 5.32. The van der Waals surface area contributed by atoms with Gasteiger partial charge in [0.2, 0.25) is 0 Å². The van der Waals surface area contributed by atoms with Crippen LogP contribution in [0.1, 0.15) is 37.8 Å². The van der Waals surface area contributed by atoms with Crippen LogP contribution in [0.25, 0.3) is 0 Å². The third-order valence-electron chi connectivity index (χ3n) is 2.95. The molecule has 0 heterocycles. The third kappa shape index (κ3) is 4.35. The minimum absolute atomic E-state index is 0.459. The summed E-state index contributed by atoms with van der Waals surface area (Å²) in [7, 11) is 0. The van der Waals surface area contributed by atoms with Crippen molar-refractivity contribution in [2.24, 2.45) is 0 Å². The number of thiocarbonyl (C=S) groups is 1. The molecule has 0 saturated carbocycles. The van der Waals surface area contributed by atoms with Crippen molar-refractivity contribution in [3.63, 3.8) is 0 Å². The molecule has 0 aliphatic rings. The first-order chi connectivity index (χ1) is 8.06. The summed E-state index contributed by atoms with van der Waals surface area (Å²) in [6.07, 6.45) is 2.18. The standard InChI is InChI=1S/C14H22N2S/c1-5-12(6-2)15-14(17)16-13-8-7-10(3)9-11(13)4/h7-9,12H,5-6H2,1-4H3,(H2,15,16,17). The maximum atomic E-state index is 5.32. The molecule has 1 aromatic rings. The zero-order chi connectivity index (χ0) is 12.8. The summed E-state index contributed by atoms with van der Waals surface area (Å²) < 4.78 is 0. The van der Waals surface area contributed by atoms with Crippen LogP contribution < -0.4 is 10.6 Å². The van der Waals surface area contributed by atoms with Crippen LogP contribution in [0.3, 0.4) is 0 Å². The lowest BCUT2D eigenvalue weighted by Gasteiger charge is -2.18. The Morgan fingerprint density at radius 3 is 2.41 bits per heavy atom. The summed E-state index contributed by atoms with van der Waals surface area (Å²) in [5.74, 6) is 0. The van der Waals surface area contributed by atoms with Crippen LogP contribution in [0.4, 0.5) is 5.69 Å². The fraction of sp³-hybridized carbons (Fsp3) is 0.500. The van der Waals surface area contributed by atoms with Gasteiger partial charge >= 0.3 is 0 Å². The Morgan fingerprint density at radius 2 is 1.88 bits per heavy atom. The molecule has 0 amide bonds. The van der Waals surface area contributed by atoms with Crippen molar-refractivity contribution in [3.05, 3.63) is 29.3 Å². The molecular formula is C14H22N2S. The van der Waals surface area contributed by atoms with Gasteiger partial charge in [0.25, 0.3) is 0 Å². The van der Waals surface area contributed by atoms with E-state index in [9.17, 15) is 0 Å². The minimum Gasteiger partial charge on any atom is -0.360 e. The summed E-state index contributed by atoms with van der Waals surface area (Å²) in [6.45, 7) is 8.52. The second-order valence-electron chi connectivity index (χ2n) is 4.43. The number of hydrogen-bond acceptors (Lipinski definition) is 1. The number of hydrogen-bond donors (Lipinski definition) is 2. The first-order valence-electron chi connectivity index (χ1n) is 6.21. The Kier molecular flexibility index (Phi) is 5.42. The largest absolute Gasteiger partial charge is 0.360 e. The van der Waals surface area contributed by atoms with E-state index in [1.54, 1.807) is 0 Å². The van der Waals surface area contributed by atoms with E-state index in [1.165, 1.54) is 11.1 Å². The van der Waals surface area contributed by atoms with Gasteiger partial charge in [-0.15, -0.1) is 0 Å². The molecule has 0 spiro atoms. The number of aryl methyl sites for hydroxylation is 2. The lowest BCUT2D eigenvalue weighted by Crippen LogP contribution is -2.37. The molecule has 1 rings (SSSR count). The van der Waals surface area contributed by atoms with Gasteiger partial charge < -0.3 is 10.6 Å². The van der Waals surface area contributed by atoms with E-state index < -0.39 is 0 Å². The van der Waals surface area contributed by atoms with Gasteiger partial charge in [-0.3, -0.25) is 0 Å². The minimum atomic E-state index is 0.459. The molecule has 17 heavy (non-hydrogen) atoms. The van der Waals surface area contributed by atoms with Crippen LogP contribution in [0.15, 0.2) is 18.2 Å². The number of anilines is 1. The highest BCUT2D eigenvalue weighted by Gasteiger charge is 2.06. The van der Waals surface area contributed by atoms with Crippen LogP contribution >= 0.6 is 12.2 Å². The molecule has 2 nitrogen and oxygen atoms in total. The monoisotopic (exact) mass is 250 g/mol. The Bertz CT molecular complexity index is 384. The molecule has 0 radical (unpaired) electrons. The van der Waals surface area contributed by atoms with Gasteiger partial charge in [0, 0.05) is 11.7 Å². The molecule has 0 saturated heterocycles. The van der Waals surface area contributed by atoms with Gasteiger partial charge in [-0.1, -0.05) is 31.5 Å². The fourth-order valence-electron chi connectivity index (χ4n) is 1.79. The van der Waals surface area contributed by atoms with Crippen molar-refractivity contribution in [1.29, 1.82) is 0 Å². The Balaban J connectivity index is 2.62. The van der Waals surface area contributed by atoms with Crippen molar-refractivity contribution in [3.8, 4) is 0 Å². The molecular weight excluding hydrogens is 228 g/mol. The number of benzene rings is 1. The van der Waals surface area contributed by atoms with E-state index in [0.717, 1.165) is 18.5 Å². The second kappa shape index (κ2) is 6.60. The first kappa shape index (κ1) is 14.0. The summed E-state index contributed by atoms with van der Waals surface area (Å²) in [6, 6.07) is 6.78. The second-order valence-corrected chi connectivity index (χ2v) is 4.84. The molecule has 0 aromatic heterocycles. The van der Waals surface area contributed by atoms with E-state index >= 15 is 0 Å². The normalized spacial score (nSPS) is 10.4. The van der Waals surface area contributed by atoms with Gasteiger partial charge in [0.1, 0.15) is 0 Å². The van der Waals surface area contributed by atoms with E-state index in [4.69, 9.17) is 12.2 Å². The summed E-state index contributed by atoms with van der Waals surface area (Å²) in [4.78, 5) is 0. The van der Waals surface area contributed by atoms with Crippen LogP contribution in [-0.4, -0.2) is 11.2 Å². The van der Waals surface area contributed by atoms with Crippen LogP contribution in [-0.2, 0) is 0 Å². The van der Waals surface area contributed by atoms with E-state index in [1.807, 2.05) is 0 Å². The molecule has 3 heteroatoms. The molecule has 1 aromatic carbocycles. The average Bonchev–Trinajstić information content (AvgIpc) is 2.29. The van der Waals surface area contributed by atoms with Crippen molar-refractivity contribution < 1.29 is 0 Å². The highest BCUT2D eigenvalue weighted by Crippen LogP contribution is 2.15. The zero-order valence-corrected chi connectivity index (χ0v) is 11.9. The Hall–Kier alpha value is -1.09. The summed E-state index contributed by atoms with van der Waals surface area (Å²) in [5.41, 5.74) is 3.57. The van der Waals surface area contributed by atoms with E-state index in [-0.39, 0.29) is 0 Å². The maximum Gasteiger partial charge on any atom is 0.171 e. The molecule has 0 bridgehead atoms. The molecule has 0 aliphatic heterocycles. The van der Waals surface area contributed by atoms with E-state index in [2.05, 4.69) is 56.5 Å². The third-order valence-corrected chi connectivity index (χ3v) is 3.17. The molecule has 2 N–H and O–H groups in total. The van der Waals surface area contributed by atoms with Crippen molar-refractivity contribution >= 4 is 23.0 Å². The SMILES string of the molecule is CCC(CC)NC(=S)Nc1ccc(C)cc1C. The predicted octanol–water partition coefficient (Wildman–Crippen LogP) is 3.78. The number of rotatable bonds is 4. The van der Waals surface area contributed by atoms with Gasteiger partial charge in [0.15, 0.2) is 5.11 Å². The average molecular weight is 250 g/mol. The lowest BCUT2D eigenvalue weighted by molar-refractivity contribution is 0.573. The molecule has 94 valence electrons. The zero-order valence-electron chi connectivity index (χ0n) is 11.1. The summed E-state index contributed by atoms with van der Waals surface area (Å²) in [5, 5.41) is 7.30. The van der Waals surface area contributed by atoms with Gasteiger partial charge in [-0.05, 0) is 50.5 Å². The quantitative estimate of drug-likeness (QED) is 0.795. The van der Waals surface area contributed by atoms with Gasteiger partial charge in [0.05, 0.1) is 0 Å². The topological polar surface area (TPSA) is 24.1 Å². The Morgan fingerprint density at radius 1 is 1.24 bits per heavy atom. The maximum absolute atomic E-state index is 5.32. The number of nitrogens with one attached hydrogen (secondary N) is 2. The first-order valence-corrected chi connectivity index (χ1v) is 6.62. The fourth-order valence-corrected chi connectivity index (χ4v) is 2.07. The predicted molar refractivity (Wildman–Crippen MR) is 79.6 cm³/mol. The smallest absolute Gasteiger partial charge is 0.171 e. The highest BCUT2D eigenvalue weighted by molar-refractivity contribution is 7.80. The highest BCUT2D eigenvalue weighted by atomic mass is 32.1. The lowest BCUT2D eigenvalue weighted by atomic mass is 10.1. The molecule has 0 unspecified atom stereocenters. The van der Waals surface area contributed by atoms with Crippen LogP contribution in [0.5, 0.6) is 0 Å². The van der Waals surface area contributed by atoms with Crippen molar-refractivity contribution in [1.82, 2.24) is 5.32 Å². The van der Waals surface area contributed by atoms with Crippen molar-refractivity contribution in [2.45, 2.75) is 46.6 Å². The van der Waals surface area contributed by atoms with Crippen molar-refractivity contribution in [2.75, 3.05) is 5.32 Å². The van der Waals surface area contributed by atoms with Gasteiger partial charge in [-0.2, -0.15) is 0 Å².